The molecule has 0 bridgehead atoms. The maximum absolute atomic E-state index is 8.88. The molecule has 3 N–H and O–H groups in total. The summed E-state index contributed by atoms with van der Waals surface area (Å²) in [5.74, 6) is 0.713. The second-order valence-electron chi connectivity index (χ2n) is 5.40. The summed E-state index contributed by atoms with van der Waals surface area (Å²) in [5, 5.41) is 0. The van der Waals surface area contributed by atoms with Gasteiger partial charge in [-0.25, -0.2) is 4.57 Å². The number of hydrogen-bond donors (Lipinski definition) is 3. The van der Waals surface area contributed by atoms with Crippen molar-refractivity contribution in [1.29, 1.82) is 0 Å². The molecule has 94 valence electrons. The summed E-state index contributed by atoms with van der Waals surface area (Å²) in [6.45, 7) is 9.21. The van der Waals surface area contributed by atoms with Gasteiger partial charge in [0, 0.05) is 0 Å². The van der Waals surface area contributed by atoms with Crippen LogP contribution in [0.3, 0.4) is 0 Å². The van der Waals surface area contributed by atoms with Crippen LogP contribution >= 0.6 is 7.82 Å². The molecule has 4 nitrogen and oxygen atoms in total. The third-order valence-electron chi connectivity index (χ3n) is 2.55. The van der Waals surface area contributed by atoms with E-state index in [1.807, 2.05) is 0 Å². The van der Waals surface area contributed by atoms with Gasteiger partial charge >= 0.3 is 102 Å². The molecule has 0 saturated carbocycles. The van der Waals surface area contributed by atoms with E-state index < -0.39 is 7.82 Å². The van der Waals surface area contributed by atoms with Gasteiger partial charge in [0.25, 0.3) is 0 Å². The van der Waals surface area contributed by atoms with Crippen LogP contribution in [0.4, 0.5) is 0 Å². The predicted octanol–water partition coefficient (Wildman–Crippen LogP) is 2.12. The zero-order chi connectivity index (χ0) is 13.9. The normalized spacial score (nSPS) is 19.2. The first-order chi connectivity index (χ1) is 7.42. The van der Waals surface area contributed by atoms with Crippen molar-refractivity contribution in [2.75, 3.05) is 0 Å². The molecule has 0 aromatic heterocycles. The number of allylic oxidation sites excluding steroid dienone is 4. The average molecular weight is 270 g/mol. The second kappa shape index (κ2) is 6.67. The monoisotopic (exact) mass is 270 g/mol. The predicted molar refractivity (Wildman–Crippen MR) is 69.4 cm³/mol. The van der Waals surface area contributed by atoms with Gasteiger partial charge in [0.2, 0.25) is 0 Å². The van der Waals surface area contributed by atoms with Gasteiger partial charge in [0.1, 0.15) is 0 Å². The Balaban J connectivity index is 0.000000437. The van der Waals surface area contributed by atoms with E-state index in [9.17, 15) is 0 Å². The van der Waals surface area contributed by atoms with Crippen molar-refractivity contribution < 1.29 is 19.2 Å². The molecule has 1 aliphatic carbocycles. The minimum atomic E-state index is -4.64. The summed E-state index contributed by atoms with van der Waals surface area (Å²) in [7, 11) is -4.64. The van der Waals surface area contributed by atoms with E-state index in [4.69, 9.17) is 19.2 Å². The van der Waals surface area contributed by atoms with E-state index >= 15 is 0 Å². The molecule has 1 rings (SSSR count). The van der Waals surface area contributed by atoms with Crippen molar-refractivity contribution in [1.82, 2.24) is 0 Å². The molecule has 0 saturated heterocycles. The van der Waals surface area contributed by atoms with Crippen LogP contribution in [0.25, 0.3) is 0 Å². The Morgan fingerprint density at radius 3 is 2.06 bits per heavy atom. The molecular formula is C11H20NaO4P. The van der Waals surface area contributed by atoms with E-state index in [1.165, 1.54) is 34.4 Å². The Kier molecular flexibility index (Phi) is 6.90. The third-order valence-corrected chi connectivity index (χ3v) is 3.48. The summed E-state index contributed by atoms with van der Waals surface area (Å²) in [5.41, 5.74) is 2.01. The number of rotatable bonds is 1. The van der Waals surface area contributed by atoms with Crippen LogP contribution in [0, 0.1) is 11.3 Å². The van der Waals surface area contributed by atoms with Crippen LogP contribution in [-0.4, -0.2) is 42.6 Å². The maximum atomic E-state index is 8.88. The van der Waals surface area contributed by atoms with Crippen molar-refractivity contribution in [2.45, 2.75) is 34.1 Å². The van der Waals surface area contributed by atoms with Crippen LogP contribution in [0.15, 0.2) is 20.5 Å². The molecule has 0 fully saturated rings. The van der Waals surface area contributed by atoms with Gasteiger partial charge in [0.15, 0.2) is 0 Å². The van der Waals surface area contributed by atoms with Gasteiger partial charge < -0.3 is 14.7 Å². The number of phosphoric acid groups is 1. The fourth-order valence-electron chi connectivity index (χ4n) is 1.99. The summed E-state index contributed by atoms with van der Waals surface area (Å²) in [6.07, 6.45) is 5.99. The van der Waals surface area contributed by atoms with Crippen LogP contribution in [0.2, 0.25) is 0 Å². The molecule has 0 unspecified atom stereocenters. The van der Waals surface area contributed by atoms with Crippen molar-refractivity contribution in [3.63, 3.8) is 0 Å². The van der Waals surface area contributed by atoms with E-state index in [-0.39, 0.29) is 0 Å². The second-order valence-corrected chi connectivity index (χ2v) is 7.64. The molecule has 0 aromatic rings. The summed E-state index contributed by atoms with van der Waals surface area (Å²) >= 11 is 1.23. The van der Waals surface area contributed by atoms with Crippen LogP contribution in [0.1, 0.15) is 34.1 Å². The first-order valence-corrected chi connectivity index (χ1v) is 8.16. The molecular weight excluding hydrogens is 250 g/mol. The largest absolute Gasteiger partial charge is 0.466 e. The molecule has 0 radical (unpaired) electrons. The van der Waals surface area contributed by atoms with Gasteiger partial charge in [-0.3, -0.25) is 0 Å². The number of hydrogen-bond acceptors (Lipinski definition) is 1. The van der Waals surface area contributed by atoms with Gasteiger partial charge in [-0.2, -0.15) is 0 Å². The van der Waals surface area contributed by atoms with Gasteiger partial charge in [-0.05, 0) is 0 Å². The minimum Gasteiger partial charge on any atom is -0.303 e. The Hall–Kier alpha value is 0.590. The van der Waals surface area contributed by atoms with Crippen molar-refractivity contribution in [3.05, 3.63) is 20.5 Å². The first-order valence-electron chi connectivity index (χ1n) is 5.59. The molecule has 0 aromatic carbocycles. The van der Waals surface area contributed by atoms with Crippen LogP contribution in [-0.2, 0) is 4.57 Å². The SMILES string of the molecule is CC(C)C1=[C]([Na])CC(C)(C)C=C1.O=P(O)(O)O. The van der Waals surface area contributed by atoms with Crippen molar-refractivity contribution >= 4 is 35.8 Å². The van der Waals surface area contributed by atoms with Crippen LogP contribution in [0.5, 0.6) is 0 Å². The quantitative estimate of drug-likeness (QED) is 0.504. The van der Waals surface area contributed by atoms with E-state index in [0.717, 1.165) is 0 Å². The van der Waals surface area contributed by atoms with Gasteiger partial charge in [0.05, 0.1) is 0 Å². The standard InChI is InChI=1S/C11H17.Na.H3O4P/c1-9(2)10-5-7-11(3,4)8-6-10;;1-5(2,3)4/h5,7,9H,8H2,1-4H3;;(H3,1,2,3,4). The molecule has 0 amide bonds. The molecule has 0 aliphatic heterocycles. The van der Waals surface area contributed by atoms with Crippen LogP contribution < -0.4 is 0 Å². The van der Waals surface area contributed by atoms with Gasteiger partial charge in [-0.15, -0.1) is 0 Å². The summed E-state index contributed by atoms with van der Waals surface area (Å²) in [4.78, 5) is 21.6. The van der Waals surface area contributed by atoms with E-state index in [2.05, 4.69) is 39.8 Å². The zero-order valence-corrected chi connectivity index (χ0v) is 14.0. The Morgan fingerprint density at radius 1 is 1.35 bits per heavy atom. The fraction of sp³-hybridized carbons (Fsp3) is 0.636. The fourth-order valence-corrected chi connectivity index (χ4v) is 3.64. The molecule has 6 heteroatoms. The molecule has 0 heterocycles. The topological polar surface area (TPSA) is 77.8 Å². The van der Waals surface area contributed by atoms with Crippen molar-refractivity contribution in [2.24, 2.45) is 11.3 Å². The smallest absolute Gasteiger partial charge is 0.303 e. The maximum Gasteiger partial charge on any atom is 0.466 e. The van der Waals surface area contributed by atoms with E-state index in [0.29, 0.717) is 11.3 Å². The van der Waals surface area contributed by atoms with E-state index in [1.54, 1.807) is 8.40 Å². The molecule has 17 heavy (non-hydrogen) atoms. The first kappa shape index (κ1) is 17.6. The molecule has 1 aliphatic rings. The van der Waals surface area contributed by atoms with Gasteiger partial charge in [-0.1, -0.05) is 0 Å². The minimum absolute atomic E-state index is 0.412. The molecule has 0 spiro atoms. The summed E-state index contributed by atoms with van der Waals surface area (Å²) in [6, 6.07) is 0. The van der Waals surface area contributed by atoms with Crippen molar-refractivity contribution in [3.8, 4) is 0 Å². The Bertz CT molecular complexity index is 357. The Labute approximate surface area is 120 Å². The molecule has 0 atom stereocenters. The summed E-state index contributed by atoms with van der Waals surface area (Å²) < 4.78 is 10.6. The average Bonchev–Trinajstić information content (AvgIpc) is 1.96. The third kappa shape index (κ3) is 9.20. The zero-order valence-electron chi connectivity index (χ0n) is 11.1. The Morgan fingerprint density at radius 2 is 1.76 bits per heavy atom.